The molecule has 0 N–H and O–H groups in total. The quantitative estimate of drug-likeness (QED) is 0.745. The molecule has 0 radical (unpaired) electrons. The molecule has 0 aliphatic carbocycles. The summed E-state index contributed by atoms with van der Waals surface area (Å²) in [6.45, 7) is 15.8. The van der Waals surface area contributed by atoms with Crippen LogP contribution in [0.2, 0.25) is 0 Å². The number of carbonyl (C=O) groups excluding carboxylic acids is 1. The molecule has 1 atom stereocenters. The minimum absolute atomic E-state index is 0.0858. The lowest BCUT2D eigenvalue weighted by Crippen LogP contribution is -2.52. The van der Waals surface area contributed by atoms with Gasteiger partial charge in [0.1, 0.15) is 0 Å². The summed E-state index contributed by atoms with van der Waals surface area (Å²) < 4.78 is 0. The molecule has 1 amide bonds. The van der Waals surface area contributed by atoms with Crippen LogP contribution in [-0.4, -0.2) is 48.4 Å². The van der Waals surface area contributed by atoms with E-state index in [1.165, 1.54) is 5.57 Å². The molecule has 0 aromatic heterocycles. The first-order valence-corrected chi connectivity index (χ1v) is 8.39. The molecule has 2 saturated heterocycles. The average Bonchev–Trinajstić information content (AvgIpc) is 2.78. The van der Waals surface area contributed by atoms with Crippen molar-refractivity contribution in [2.75, 3.05) is 32.7 Å². The zero-order valence-corrected chi connectivity index (χ0v) is 14.5. The minimum atomic E-state index is -0.0858. The van der Waals surface area contributed by atoms with E-state index in [1.54, 1.807) is 0 Å². The summed E-state index contributed by atoms with van der Waals surface area (Å²) in [5, 5.41) is 0. The van der Waals surface area contributed by atoms with Gasteiger partial charge in [0, 0.05) is 26.2 Å². The number of carbonyl (C=O) groups is 1. The SMILES string of the molecule is C/C=C(\C)CN1CC[C@@]2(CCCN(CC(C)(C)C)C2=O)C1. The van der Waals surface area contributed by atoms with Crippen molar-refractivity contribution in [1.82, 2.24) is 9.80 Å². The molecule has 3 heteroatoms. The largest absolute Gasteiger partial charge is 0.342 e. The molecule has 0 bridgehead atoms. The molecule has 0 aromatic rings. The van der Waals surface area contributed by atoms with Crippen LogP contribution in [0.25, 0.3) is 0 Å². The maximum atomic E-state index is 13.0. The van der Waals surface area contributed by atoms with Crippen molar-refractivity contribution < 1.29 is 4.79 Å². The molecule has 2 heterocycles. The van der Waals surface area contributed by atoms with Crippen LogP contribution in [0.4, 0.5) is 0 Å². The van der Waals surface area contributed by atoms with Crippen molar-refractivity contribution in [3.05, 3.63) is 11.6 Å². The van der Waals surface area contributed by atoms with Gasteiger partial charge < -0.3 is 4.90 Å². The maximum Gasteiger partial charge on any atom is 0.230 e. The van der Waals surface area contributed by atoms with Crippen molar-refractivity contribution in [2.24, 2.45) is 10.8 Å². The van der Waals surface area contributed by atoms with E-state index in [0.717, 1.165) is 52.0 Å². The van der Waals surface area contributed by atoms with Gasteiger partial charge in [-0.3, -0.25) is 9.69 Å². The van der Waals surface area contributed by atoms with Gasteiger partial charge in [-0.2, -0.15) is 0 Å². The van der Waals surface area contributed by atoms with Gasteiger partial charge in [0.15, 0.2) is 0 Å². The highest BCUT2D eigenvalue weighted by molar-refractivity contribution is 5.84. The molecular formula is C18H32N2O. The number of allylic oxidation sites excluding steroid dienone is 1. The third-order valence-corrected chi connectivity index (χ3v) is 4.89. The fraction of sp³-hybridized carbons (Fsp3) is 0.833. The van der Waals surface area contributed by atoms with E-state index in [1.807, 2.05) is 0 Å². The van der Waals surface area contributed by atoms with Crippen LogP contribution >= 0.6 is 0 Å². The second-order valence-electron chi connectivity index (χ2n) is 8.27. The predicted octanol–water partition coefficient (Wildman–Crippen LogP) is 3.31. The summed E-state index contributed by atoms with van der Waals surface area (Å²) in [4.78, 5) is 17.6. The summed E-state index contributed by atoms with van der Waals surface area (Å²) in [6.07, 6.45) is 5.47. The first-order valence-electron chi connectivity index (χ1n) is 8.39. The first kappa shape index (κ1) is 16.5. The van der Waals surface area contributed by atoms with Gasteiger partial charge in [-0.25, -0.2) is 0 Å². The molecule has 2 aliphatic heterocycles. The van der Waals surface area contributed by atoms with E-state index >= 15 is 0 Å². The summed E-state index contributed by atoms with van der Waals surface area (Å²) in [6, 6.07) is 0. The maximum absolute atomic E-state index is 13.0. The molecule has 2 aliphatic rings. The molecule has 1 spiro atoms. The lowest BCUT2D eigenvalue weighted by Gasteiger charge is -2.42. The second-order valence-corrected chi connectivity index (χ2v) is 8.27. The van der Waals surface area contributed by atoms with E-state index in [9.17, 15) is 4.79 Å². The standard InChI is InChI=1S/C18H32N2O/c1-6-15(2)12-19-11-9-18(14-19)8-7-10-20(16(18)21)13-17(3,4)5/h6H,7-14H2,1-5H3/b15-6+/t18-/m0/s1. The fourth-order valence-corrected chi connectivity index (χ4v) is 3.79. The summed E-state index contributed by atoms with van der Waals surface area (Å²) in [5.74, 6) is 0.421. The Hall–Kier alpha value is -0.830. The van der Waals surface area contributed by atoms with Crippen LogP contribution in [0, 0.1) is 10.8 Å². The zero-order chi connectivity index (χ0) is 15.7. The number of nitrogens with zero attached hydrogens (tertiary/aromatic N) is 2. The van der Waals surface area contributed by atoms with E-state index in [0.29, 0.717) is 5.91 Å². The van der Waals surface area contributed by atoms with Gasteiger partial charge in [-0.05, 0) is 45.1 Å². The molecule has 0 aromatic carbocycles. The highest BCUT2D eigenvalue weighted by Crippen LogP contribution is 2.40. The number of likely N-dealkylation sites (tertiary alicyclic amines) is 2. The molecule has 2 fully saturated rings. The highest BCUT2D eigenvalue weighted by Gasteiger charge is 2.48. The normalized spacial score (nSPS) is 28.7. The Morgan fingerprint density at radius 2 is 2.00 bits per heavy atom. The van der Waals surface area contributed by atoms with Crippen LogP contribution < -0.4 is 0 Å². The Balaban J connectivity index is 2.04. The van der Waals surface area contributed by atoms with Gasteiger partial charge in [0.05, 0.1) is 5.41 Å². The number of rotatable bonds is 3. The van der Waals surface area contributed by atoms with Crippen LogP contribution in [0.1, 0.15) is 53.9 Å². The molecule has 0 unspecified atom stereocenters. The molecular weight excluding hydrogens is 260 g/mol. The first-order chi connectivity index (χ1) is 9.76. The second kappa shape index (κ2) is 6.12. The van der Waals surface area contributed by atoms with E-state index in [4.69, 9.17) is 0 Å². The smallest absolute Gasteiger partial charge is 0.230 e. The third kappa shape index (κ3) is 3.88. The molecule has 0 saturated carbocycles. The van der Waals surface area contributed by atoms with Crippen LogP contribution in [0.3, 0.4) is 0 Å². The topological polar surface area (TPSA) is 23.6 Å². The van der Waals surface area contributed by atoms with Gasteiger partial charge in [0.2, 0.25) is 5.91 Å². The fourth-order valence-electron chi connectivity index (χ4n) is 3.79. The number of hydrogen-bond donors (Lipinski definition) is 0. The number of hydrogen-bond acceptors (Lipinski definition) is 2. The van der Waals surface area contributed by atoms with Gasteiger partial charge >= 0.3 is 0 Å². The number of amides is 1. The summed E-state index contributed by atoms with van der Waals surface area (Å²) in [5.41, 5.74) is 1.51. The molecule has 2 rings (SSSR count). The monoisotopic (exact) mass is 292 g/mol. The average molecular weight is 292 g/mol. The molecule has 21 heavy (non-hydrogen) atoms. The van der Waals surface area contributed by atoms with E-state index in [-0.39, 0.29) is 10.8 Å². The number of piperidine rings is 1. The minimum Gasteiger partial charge on any atom is -0.342 e. The summed E-state index contributed by atoms with van der Waals surface area (Å²) >= 11 is 0. The Labute approximate surface area is 130 Å². The molecule has 120 valence electrons. The van der Waals surface area contributed by atoms with Crippen LogP contribution in [0.5, 0.6) is 0 Å². The van der Waals surface area contributed by atoms with E-state index in [2.05, 4.69) is 50.5 Å². The van der Waals surface area contributed by atoms with Crippen molar-refractivity contribution in [2.45, 2.75) is 53.9 Å². The Morgan fingerprint density at radius 3 is 2.62 bits per heavy atom. The van der Waals surface area contributed by atoms with E-state index < -0.39 is 0 Å². The van der Waals surface area contributed by atoms with Gasteiger partial charge in [-0.1, -0.05) is 32.4 Å². The van der Waals surface area contributed by atoms with Crippen LogP contribution in [0.15, 0.2) is 11.6 Å². The highest BCUT2D eigenvalue weighted by atomic mass is 16.2. The lowest BCUT2D eigenvalue weighted by atomic mass is 9.77. The third-order valence-electron chi connectivity index (χ3n) is 4.89. The Kier molecular flexibility index (Phi) is 4.82. The van der Waals surface area contributed by atoms with Gasteiger partial charge in [0.25, 0.3) is 0 Å². The summed E-state index contributed by atoms with van der Waals surface area (Å²) in [7, 11) is 0. The van der Waals surface area contributed by atoms with Crippen molar-refractivity contribution in [3.8, 4) is 0 Å². The van der Waals surface area contributed by atoms with Crippen LogP contribution in [-0.2, 0) is 4.79 Å². The predicted molar refractivity (Wildman–Crippen MR) is 88.2 cm³/mol. The molecule has 3 nitrogen and oxygen atoms in total. The lowest BCUT2D eigenvalue weighted by molar-refractivity contribution is -0.147. The zero-order valence-electron chi connectivity index (χ0n) is 14.5. The van der Waals surface area contributed by atoms with Crippen molar-refractivity contribution >= 4 is 5.91 Å². The Morgan fingerprint density at radius 1 is 1.29 bits per heavy atom. The van der Waals surface area contributed by atoms with Gasteiger partial charge in [-0.15, -0.1) is 0 Å². The van der Waals surface area contributed by atoms with Crippen molar-refractivity contribution in [3.63, 3.8) is 0 Å². The Bertz CT molecular complexity index is 421. The van der Waals surface area contributed by atoms with Crippen molar-refractivity contribution in [1.29, 1.82) is 0 Å².